The molecule has 0 aliphatic carbocycles. The molecule has 0 aliphatic heterocycles. The molecule has 0 saturated carbocycles. The minimum atomic E-state index is -3.32. The van der Waals surface area contributed by atoms with Crippen LogP contribution in [0.2, 0.25) is 6.82 Å². The van der Waals surface area contributed by atoms with Gasteiger partial charge in [-0.25, -0.2) is 13.3 Å². The molecule has 132 valence electrons. The molecular weight excluding hydrogens is 335 g/mol. The molecule has 9 heteroatoms. The summed E-state index contributed by atoms with van der Waals surface area (Å²) in [6.45, 7) is 5.42. The van der Waals surface area contributed by atoms with Crippen LogP contribution in [0.5, 0.6) is 0 Å². The quantitative estimate of drug-likeness (QED) is 0.230. The summed E-state index contributed by atoms with van der Waals surface area (Å²) in [6.07, 6.45) is 1.09. The predicted molar refractivity (Wildman–Crippen MR) is 88.4 cm³/mol. The fourth-order valence-corrected chi connectivity index (χ4v) is 2.33. The largest absolute Gasteiger partial charge is 0.471 e. The van der Waals surface area contributed by atoms with Crippen LogP contribution in [-0.2, 0) is 29.1 Å². The monoisotopic (exact) mass is 356 g/mol. The minimum Gasteiger partial charge on any atom is -0.471 e. The summed E-state index contributed by atoms with van der Waals surface area (Å²) in [7, 11) is -3.32. The maximum Gasteiger partial charge on any atom is 0.375 e. The molecule has 0 amide bonds. The zero-order valence-electron chi connectivity index (χ0n) is 14.4. The number of hydrogen-bond acceptors (Lipinski definition) is 7. The van der Waals surface area contributed by atoms with E-state index in [-0.39, 0.29) is 17.2 Å². The highest BCUT2D eigenvalue weighted by Crippen LogP contribution is 2.20. The van der Waals surface area contributed by atoms with Gasteiger partial charge in [-0.1, -0.05) is 19.0 Å². The Labute approximate surface area is 142 Å². The second-order valence-corrected chi connectivity index (χ2v) is 7.94. The van der Waals surface area contributed by atoms with Gasteiger partial charge in [-0.05, 0) is 26.0 Å². The van der Waals surface area contributed by atoms with E-state index in [1.807, 2.05) is 0 Å². The van der Waals surface area contributed by atoms with Gasteiger partial charge in [0.1, 0.15) is 6.51 Å². The van der Waals surface area contributed by atoms with Gasteiger partial charge in [-0.3, -0.25) is 9.59 Å². The number of carbonyl (C=O) groups is 2. The SMILES string of the molecule is CB(COC(C)=O)OOC(C)(C)C(=O)c1ccc(S(C)(=O)=O)cc1. The summed E-state index contributed by atoms with van der Waals surface area (Å²) in [4.78, 5) is 33.6. The average Bonchev–Trinajstić information content (AvgIpc) is 2.49. The van der Waals surface area contributed by atoms with Gasteiger partial charge in [0.25, 0.3) is 0 Å². The molecule has 0 heterocycles. The molecule has 0 bridgehead atoms. The summed E-state index contributed by atoms with van der Waals surface area (Å²) in [5, 5.41) is 0. The number of rotatable bonds is 8. The van der Waals surface area contributed by atoms with E-state index in [9.17, 15) is 18.0 Å². The van der Waals surface area contributed by atoms with E-state index in [4.69, 9.17) is 14.4 Å². The molecule has 1 aromatic carbocycles. The smallest absolute Gasteiger partial charge is 0.375 e. The van der Waals surface area contributed by atoms with Crippen molar-refractivity contribution in [3.63, 3.8) is 0 Å². The topological polar surface area (TPSA) is 96.0 Å². The van der Waals surface area contributed by atoms with Crippen molar-refractivity contribution < 1.29 is 32.4 Å². The molecular formula is C15H21BO7S. The highest BCUT2D eigenvalue weighted by molar-refractivity contribution is 7.90. The van der Waals surface area contributed by atoms with Crippen LogP contribution in [0.1, 0.15) is 31.1 Å². The molecule has 1 rings (SSSR count). The zero-order chi connectivity index (χ0) is 18.5. The minimum absolute atomic E-state index is 0.00264. The molecule has 0 fully saturated rings. The predicted octanol–water partition coefficient (Wildman–Crippen LogP) is 1.72. The van der Waals surface area contributed by atoms with E-state index < -0.39 is 28.3 Å². The van der Waals surface area contributed by atoms with Gasteiger partial charge in [-0.15, -0.1) is 0 Å². The number of ether oxygens (including phenoxy) is 1. The second-order valence-electron chi connectivity index (χ2n) is 5.93. The Kier molecular flexibility index (Phi) is 6.71. The van der Waals surface area contributed by atoms with Crippen molar-refractivity contribution in [1.29, 1.82) is 0 Å². The Hall–Kier alpha value is -1.71. The molecule has 0 radical (unpaired) electrons. The zero-order valence-corrected chi connectivity index (χ0v) is 15.2. The Bertz CT molecular complexity index is 695. The van der Waals surface area contributed by atoms with E-state index in [0.717, 1.165) is 6.26 Å². The van der Waals surface area contributed by atoms with Gasteiger partial charge in [0.15, 0.2) is 21.2 Å². The standard InChI is InChI=1S/C15H21BO7S/c1-11(17)21-10-16(4)23-22-15(2,3)14(18)12-6-8-13(9-7-12)24(5,19)20/h6-9H,10H2,1-5H3. The Morgan fingerprint density at radius 1 is 1.17 bits per heavy atom. The van der Waals surface area contributed by atoms with Gasteiger partial charge in [0.05, 0.1) is 4.90 Å². The molecule has 0 N–H and O–H groups in total. The van der Waals surface area contributed by atoms with E-state index >= 15 is 0 Å². The fourth-order valence-electron chi connectivity index (χ4n) is 1.70. The molecule has 1 aromatic rings. The summed E-state index contributed by atoms with van der Waals surface area (Å²) >= 11 is 0. The number of sulfone groups is 1. The van der Waals surface area contributed by atoms with Crippen LogP contribution in [-0.4, -0.2) is 45.4 Å². The van der Waals surface area contributed by atoms with Crippen LogP contribution < -0.4 is 0 Å². The highest BCUT2D eigenvalue weighted by atomic mass is 32.2. The van der Waals surface area contributed by atoms with E-state index in [2.05, 4.69) is 0 Å². The lowest BCUT2D eigenvalue weighted by Crippen LogP contribution is -2.38. The number of benzene rings is 1. The normalized spacial score (nSPS) is 11.9. The van der Waals surface area contributed by atoms with Crippen LogP contribution in [0, 0.1) is 0 Å². The van der Waals surface area contributed by atoms with Crippen molar-refractivity contribution in [2.45, 2.75) is 38.1 Å². The molecule has 0 atom stereocenters. The molecule has 0 aliphatic rings. The number of hydrogen-bond donors (Lipinski definition) is 0. The molecule has 7 nitrogen and oxygen atoms in total. The van der Waals surface area contributed by atoms with Crippen molar-refractivity contribution in [3.05, 3.63) is 29.8 Å². The van der Waals surface area contributed by atoms with Gasteiger partial charge in [0, 0.05) is 18.7 Å². The number of ketones is 1. The van der Waals surface area contributed by atoms with Crippen molar-refractivity contribution >= 4 is 28.5 Å². The van der Waals surface area contributed by atoms with E-state index in [1.54, 1.807) is 6.82 Å². The molecule has 0 spiro atoms. The van der Waals surface area contributed by atoms with Crippen LogP contribution >= 0.6 is 0 Å². The summed E-state index contributed by atoms with van der Waals surface area (Å²) < 4.78 is 27.6. The third-order valence-corrected chi connectivity index (χ3v) is 4.16. The van der Waals surface area contributed by atoms with Gasteiger partial charge < -0.3 is 9.54 Å². The first kappa shape index (κ1) is 20.3. The summed E-state index contributed by atoms with van der Waals surface area (Å²) in [5.74, 6) is -0.811. The number of Topliss-reactive ketones (excluding diaryl/α,β-unsaturated/α-hetero) is 1. The van der Waals surface area contributed by atoms with Gasteiger partial charge in [-0.2, -0.15) is 0 Å². The second kappa shape index (κ2) is 7.91. The lowest BCUT2D eigenvalue weighted by atomic mass is 9.73. The van der Waals surface area contributed by atoms with E-state index in [0.29, 0.717) is 5.56 Å². The number of esters is 1. The first-order valence-electron chi connectivity index (χ1n) is 7.26. The van der Waals surface area contributed by atoms with Crippen LogP contribution in [0.3, 0.4) is 0 Å². The van der Waals surface area contributed by atoms with E-state index in [1.165, 1.54) is 45.0 Å². The van der Waals surface area contributed by atoms with Crippen LogP contribution in [0.4, 0.5) is 0 Å². The Morgan fingerprint density at radius 3 is 2.17 bits per heavy atom. The fraction of sp³-hybridized carbons (Fsp3) is 0.467. The maximum atomic E-state index is 12.5. The van der Waals surface area contributed by atoms with Gasteiger partial charge >= 0.3 is 12.9 Å². The Balaban J connectivity index is 2.72. The van der Waals surface area contributed by atoms with Crippen molar-refractivity contribution in [3.8, 4) is 0 Å². The third-order valence-electron chi connectivity index (χ3n) is 3.03. The third kappa shape index (κ3) is 6.07. The Morgan fingerprint density at radius 2 is 1.71 bits per heavy atom. The lowest BCUT2D eigenvalue weighted by Gasteiger charge is -2.24. The first-order chi connectivity index (χ1) is 10.9. The number of carbonyl (C=O) groups excluding carboxylic acids is 2. The summed E-state index contributed by atoms with van der Waals surface area (Å²) in [6, 6.07) is 5.57. The molecule has 0 unspecified atom stereocenters. The maximum absolute atomic E-state index is 12.5. The average molecular weight is 356 g/mol. The summed E-state index contributed by atoms with van der Waals surface area (Å²) in [5.41, 5.74) is -1.000. The van der Waals surface area contributed by atoms with Gasteiger partial charge in [0.2, 0.25) is 0 Å². The van der Waals surface area contributed by atoms with Crippen LogP contribution in [0.15, 0.2) is 29.2 Å². The van der Waals surface area contributed by atoms with Crippen molar-refractivity contribution in [2.75, 3.05) is 12.8 Å². The lowest BCUT2D eigenvalue weighted by molar-refractivity contribution is -0.269. The highest BCUT2D eigenvalue weighted by Gasteiger charge is 2.32. The van der Waals surface area contributed by atoms with Crippen molar-refractivity contribution in [1.82, 2.24) is 0 Å². The van der Waals surface area contributed by atoms with Crippen molar-refractivity contribution in [2.24, 2.45) is 0 Å². The molecule has 24 heavy (non-hydrogen) atoms. The van der Waals surface area contributed by atoms with Crippen LogP contribution in [0.25, 0.3) is 0 Å². The molecule has 0 aromatic heterocycles. The first-order valence-corrected chi connectivity index (χ1v) is 9.15. The molecule has 0 saturated heterocycles.